The van der Waals surface area contributed by atoms with Gasteiger partial charge in [0.05, 0.1) is 30.4 Å². The van der Waals surface area contributed by atoms with E-state index >= 15 is 0 Å². The Morgan fingerprint density at radius 1 is 1.04 bits per heavy atom. The Bertz CT molecular complexity index is 870. The summed E-state index contributed by atoms with van der Waals surface area (Å²) in [4.78, 5) is 13.0. The summed E-state index contributed by atoms with van der Waals surface area (Å²) in [6, 6.07) is 8.76. The molecule has 0 bridgehead atoms. The predicted molar refractivity (Wildman–Crippen MR) is 103 cm³/mol. The molecular formula is C17H14Cl2N4OS. The summed E-state index contributed by atoms with van der Waals surface area (Å²) in [7, 11) is 0. The summed E-state index contributed by atoms with van der Waals surface area (Å²) in [6.07, 6.45) is 5.28. The Morgan fingerprint density at radius 3 is 2.32 bits per heavy atom. The summed E-state index contributed by atoms with van der Waals surface area (Å²) in [6.45, 7) is -0.111. The zero-order valence-electron chi connectivity index (χ0n) is 13.2. The van der Waals surface area contributed by atoms with Crippen LogP contribution in [0.15, 0.2) is 47.9 Å². The highest BCUT2D eigenvalue weighted by molar-refractivity contribution is 7.98. The smallest absolute Gasteiger partial charge is 0.187 e. The molecule has 0 aliphatic heterocycles. The normalized spacial score (nSPS) is 10.7. The van der Waals surface area contributed by atoms with Gasteiger partial charge in [0, 0.05) is 15.6 Å². The van der Waals surface area contributed by atoms with Gasteiger partial charge in [0.1, 0.15) is 5.82 Å². The number of rotatable bonds is 5. The molecule has 2 heterocycles. The molecule has 0 aliphatic carbocycles. The van der Waals surface area contributed by atoms with Crippen molar-refractivity contribution in [3.8, 4) is 11.3 Å². The van der Waals surface area contributed by atoms with Gasteiger partial charge in [-0.25, -0.2) is 15.0 Å². The van der Waals surface area contributed by atoms with E-state index in [0.29, 0.717) is 38.0 Å². The SMILES string of the molecule is CSc1ncc(Nc2cc(CO)cc(-c3cc(Cl)cc(Cl)c3)n2)cn1. The summed E-state index contributed by atoms with van der Waals surface area (Å²) in [5.74, 6) is 0.568. The molecule has 5 nitrogen and oxygen atoms in total. The lowest BCUT2D eigenvalue weighted by Gasteiger charge is -2.10. The summed E-state index contributed by atoms with van der Waals surface area (Å²) < 4.78 is 0. The Balaban J connectivity index is 1.96. The molecular weight excluding hydrogens is 379 g/mol. The molecule has 0 fully saturated rings. The number of nitrogens with one attached hydrogen (secondary N) is 1. The first kappa shape index (κ1) is 17.9. The van der Waals surface area contributed by atoms with Crippen LogP contribution < -0.4 is 5.32 Å². The molecule has 1 aromatic carbocycles. The second-order valence-corrected chi connectivity index (χ2v) is 6.79. The highest BCUT2D eigenvalue weighted by atomic mass is 35.5. The van der Waals surface area contributed by atoms with Gasteiger partial charge in [-0.3, -0.25) is 0 Å². The highest BCUT2D eigenvalue weighted by Crippen LogP contribution is 2.28. The van der Waals surface area contributed by atoms with Gasteiger partial charge in [-0.05, 0) is 42.2 Å². The van der Waals surface area contributed by atoms with E-state index in [9.17, 15) is 5.11 Å². The number of thioether (sulfide) groups is 1. The lowest BCUT2D eigenvalue weighted by atomic mass is 10.1. The van der Waals surface area contributed by atoms with Crippen LogP contribution in [0, 0.1) is 0 Å². The first-order valence-corrected chi connectivity index (χ1v) is 9.27. The molecule has 0 saturated heterocycles. The molecule has 2 N–H and O–H groups in total. The largest absolute Gasteiger partial charge is 0.392 e. The molecule has 0 spiro atoms. The van der Waals surface area contributed by atoms with Crippen molar-refractivity contribution in [1.29, 1.82) is 0 Å². The second-order valence-electron chi connectivity index (χ2n) is 5.15. The van der Waals surface area contributed by atoms with Crippen molar-refractivity contribution in [3.05, 3.63) is 58.3 Å². The van der Waals surface area contributed by atoms with Crippen molar-refractivity contribution in [2.24, 2.45) is 0 Å². The number of hydrogen-bond donors (Lipinski definition) is 2. The average Bonchev–Trinajstić information content (AvgIpc) is 2.61. The van der Waals surface area contributed by atoms with Crippen molar-refractivity contribution in [1.82, 2.24) is 15.0 Å². The van der Waals surface area contributed by atoms with E-state index in [1.807, 2.05) is 6.26 Å². The predicted octanol–water partition coefficient (Wildman–Crippen LogP) is 4.80. The topological polar surface area (TPSA) is 70.9 Å². The number of nitrogens with zero attached hydrogens (tertiary/aromatic N) is 3. The van der Waals surface area contributed by atoms with E-state index in [1.54, 1.807) is 42.7 Å². The van der Waals surface area contributed by atoms with Gasteiger partial charge in [-0.1, -0.05) is 35.0 Å². The minimum Gasteiger partial charge on any atom is -0.392 e. The fraction of sp³-hybridized carbons (Fsp3) is 0.118. The number of aliphatic hydroxyl groups excluding tert-OH is 1. The van der Waals surface area contributed by atoms with Gasteiger partial charge in [0.15, 0.2) is 5.16 Å². The molecule has 8 heteroatoms. The highest BCUT2D eigenvalue weighted by Gasteiger charge is 2.08. The van der Waals surface area contributed by atoms with E-state index in [4.69, 9.17) is 23.2 Å². The Labute approximate surface area is 159 Å². The zero-order chi connectivity index (χ0) is 17.8. The van der Waals surface area contributed by atoms with Gasteiger partial charge in [-0.2, -0.15) is 0 Å². The van der Waals surface area contributed by atoms with Gasteiger partial charge in [0.25, 0.3) is 0 Å². The van der Waals surface area contributed by atoms with Crippen LogP contribution >= 0.6 is 35.0 Å². The van der Waals surface area contributed by atoms with Crippen LogP contribution in [0.3, 0.4) is 0 Å². The lowest BCUT2D eigenvalue weighted by Crippen LogP contribution is -1.99. The minimum absolute atomic E-state index is 0.111. The molecule has 0 radical (unpaired) electrons. The fourth-order valence-corrected chi connectivity index (χ4v) is 3.07. The maximum atomic E-state index is 9.54. The molecule has 0 amide bonds. The molecule has 0 atom stereocenters. The van der Waals surface area contributed by atoms with Crippen molar-refractivity contribution in [2.75, 3.05) is 11.6 Å². The zero-order valence-corrected chi connectivity index (χ0v) is 15.5. The first-order valence-electron chi connectivity index (χ1n) is 7.29. The Morgan fingerprint density at radius 2 is 1.72 bits per heavy atom. The summed E-state index contributed by atoms with van der Waals surface area (Å²) >= 11 is 13.6. The molecule has 0 saturated carbocycles. The number of anilines is 2. The van der Waals surface area contributed by atoms with Crippen LogP contribution in [0.2, 0.25) is 10.0 Å². The third-order valence-electron chi connectivity index (χ3n) is 3.31. The summed E-state index contributed by atoms with van der Waals surface area (Å²) in [5, 5.41) is 14.4. The quantitative estimate of drug-likeness (QED) is 0.479. The van der Waals surface area contributed by atoms with E-state index in [-0.39, 0.29) is 6.61 Å². The van der Waals surface area contributed by atoms with E-state index in [2.05, 4.69) is 20.3 Å². The number of benzene rings is 1. The molecule has 25 heavy (non-hydrogen) atoms. The van der Waals surface area contributed by atoms with Gasteiger partial charge in [-0.15, -0.1) is 0 Å². The number of halogens is 2. The number of aliphatic hydroxyl groups is 1. The maximum Gasteiger partial charge on any atom is 0.187 e. The van der Waals surface area contributed by atoms with Crippen molar-refractivity contribution in [2.45, 2.75) is 11.8 Å². The monoisotopic (exact) mass is 392 g/mol. The molecule has 128 valence electrons. The number of hydrogen-bond acceptors (Lipinski definition) is 6. The van der Waals surface area contributed by atoms with Crippen LogP contribution in [0.4, 0.5) is 11.5 Å². The van der Waals surface area contributed by atoms with E-state index in [1.165, 1.54) is 11.8 Å². The van der Waals surface area contributed by atoms with Crippen molar-refractivity contribution >= 4 is 46.5 Å². The molecule has 0 unspecified atom stereocenters. The van der Waals surface area contributed by atoms with Crippen molar-refractivity contribution < 1.29 is 5.11 Å². The van der Waals surface area contributed by atoms with Crippen LogP contribution in [-0.2, 0) is 6.61 Å². The van der Waals surface area contributed by atoms with Crippen LogP contribution in [0.5, 0.6) is 0 Å². The minimum atomic E-state index is -0.111. The summed E-state index contributed by atoms with van der Waals surface area (Å²) in [5.41, 5.74) is 2.84. The Kier molecular flexibility index (Phi) is 5.75. The van der Waals surface area contributed by atoms with E-state index in [0.717, 1.165) is 5.56 Å². The molecule has 3 rings (SSSR count). The van der Waals surface area contributed by atoms with Crippen LogP contribution in [0.1, 0.15) is 5.56 Å². The van der Waals surface area contributed by atoms with Crippen LogP contribution in [0.25, 0.3) is 11.3 Å². The third kappa shape index (κ3) is 4.61. The molecule has 2 aromatic heterocycles. The lowest BCUT2D eigenvalue weighted by molar-refractivity contribution is 0.282. The maximum absolute atomic E-state index is 9.54. The van der Waals surface area contributed by atoms with Gasteiger partial charge < -0.3 is 10.4 Å². The number of pyridine rings is 1. The second kappa shape index (κ2) is 8.01. The fourth-order valence-electron chi connectivity index (χ4n) is 2.23. The number of aromatic nitrogens is 3. The third-order valence-corrected chi connectivity index (χ3v) is 4.32. The van der Waals surface area contributed by atoms with Crippen molar-refractivity contribution in [3.63, 3.8) is 0 Å². The molecule has 3 aromatic rings. The Hall–Kier alpha value is -1.86. The van der Waals surface area contributed by atoms with Gasteiger partial charge >= 0.3 is 0 Å². The standard InChI is InChI=1S/C17H14Cl2N4OS/c1-25-17-20-7-14(8-21-17)22-16-3-10(9-24)2-15(23-16)11-4-12(18)6-13(19)5-11/h2-8,24H,9H2,1H3,(H,22,23). The van der Waals surface area contributed by atoms with Crippen LogP contribution in [-0.4, -0.2) is 26.3 Å². The van der Waals surface area contributed by atoms with Gasteiger partial charge in [0.2, 0.25) is 0 Å². The van der Waals surface area contributed by atoms with E-state index < -0.39 is 0 Å². The molecule has 0 aliphatic rings. The average molecular weight is 393 g/mol. The first-order chi connectivity index (χ1) is 12.1.